The molecule has 10 heteroatoms. The largest absolute Gasteiger partial charge is 0.354 e. The number of nitrogens with one attached hydrogen (secondary N) is 1. The summed E-state index contributed by atoms with van der Waals surface area (Å²) in [5, 5.41) is 3.32. The van der Waals surface area contributed by atoms with Gasteiger partial charge < -0.3 is 10.2 Å². The van der Waals surface area contributed by atoms with Crippen molar-refractivity contribution >= 4 is 50.7 Å². The van der Waals surface area contributed by atoms with Gasteiger partial charge in [-0.05, 0) is 54.8 Å². The van der Waals surface area contributed by atoms with Crippen LogP contribution in [-0.2, 0) is 32.6 Å². The molecule has 7 nitrogen and oxygen atoms in total. The van der Waals surface area contributed by atoms with Gasteiger partial charge in [0.05, 0.1) is 15.6 Å². The SMILES string of the molecule is CCCNC(=O)[C@@H](Cc1ccccc1)N(Cc1ccc(C)cc1)C(=O)CN(c1ccc(Cl)cc1Cl)S(=O)(=O)c1ccccc1. The molecule has 2 amide bonds. The topological polar surface area (TPSA) is 86.8 Å². The van der Waals surface area contributed by atoms with E-state index in [0.29, 0.717) is 18.0 Å². The number of aryl methyl sites for hydroxylation is 1. The fourth-order valence-electron chi connectivity index (χ4n) is 4.73. The van der Waals surface area contributed by atoms with Crippen molar-refractivity contribution < 1.29 is 18.0 Å². The summed E-state index contributed by atoms with van der Waals surface area (Å²) in [5.41, 5.74) is 2.80. The summed E-state index contributed by atoms with van der Waals surface area (Å²) in [5.74, 6) is -0.887. The van der Waals surface area contributed by atoms with Crippen molar-refractivity contribution in [3.05, 3.63) is 130 Å². The smallest absolute Gasteiger partial charge is 0.264 e. The number of nitrogens with zero attached hydrogens (tertiary/aromatic N) is 2. The molecule has 0 aliphatic rings. The van der Waals surface area contributed by atoms with E-state index >= 15 is 0 Å². The zero-order valence-corrected chi connectivity index (χ0v) is 26.9. The predicted molar refractivity (Wildman–Crippen MR) is 176 cm³/mol. The molecule has 230 valence electrons. The third-order valence-electron chi connectivity index (χ3n) is 7.08. The quantitative estimate of drug-likeness (QED) is 0.175. The Hall–Kier alpha value is -3.85. The van der Waals surface area contributed by atoms with E-state index < -0.39 is 28.5 Å². The van der Waals surface area contributed by atoms with Gasteiger partial charge in [0.1, 0.15) is 12.6 Å². The number of anilines is 1. The first-order valence-electron chi connectivity index (χ1n) is 14.3. The molecule has 0 saturated heterocycles. The van der Waals surface area contributed by atoms with Crippen molar-refractivity contribution in [2.24, 2.45) is 0 Å². The zero-order chi connectivity index (χ0) is 31.7. The molecule has 0 fully saturated rings. The number of rotatable bonds is 13. The Bertz CT molecular complexity index is 1670. The van der Waals surface area contributed by atoms with Gasteiger partial charge in [-0.3, -0.25) is 13.9 Å². The Kier molecular flexibility index (Phi) is 11.4. The lowest BCUT2D eigenvalue weighted by Gasteiger charge is -2.34. The zero-order valence-electron chi connectivity index (χ0n) is 24.6. The highest BCUT2D eigenvalue weighted by atomic mass is 35.5. The van der Waals surface area contributed by atoms with Crippen LogP contribution in [-0.4, -0.2) is 44.3 Å². The third-order valence-corrected chi connectivity index (χ3v) is 9.39. The Morgan fingerprint density at radius 2 is 1.48 bits per heavy atom. The van der Waals surface area contributed by atoms with Gasteiger partial charge in [0.25, 0.3) is 10.0 Å². The van der Waals surface area contributed by atoms with Crippen LogP contribution in [0.1, 0.15) is 30.0 Å². The molecule has 1 atom stereocenters. The molecular formula is C34H35Cl2N3O4S. The molecule has 0 spiro atoms. The van der Waals surface area contributed by atoms with Gasteiger partial charge in [0, 0.05) is 24.5 Å². The second-order valence-electron chi connectivity index (χ2n) is 10.4. The molecule has 0 aromatic heterocycles. The highest BCUT2D eigenvalue weighted by Gasteiger charge is 2.35. The Morgan fingerprint density at radius 1 is 0.841 bits per heavy atom. The van der Waals surface area contributed by atoms with Crippen molar-refractivity contribution in [3.8, 4) is 0 Å². The Morgan fingerprint density at radius 3 is 2.09 bits per heavy atom. The van der Waals surface area contributed by atoms with Gasteiger partial charge >= 0.3 is 0 Å². The van der Waals surface area contributed by atoms with Crippen molar-refractivity contribution in [1.29, 1.82) is 0 Å². The molecule has 0 radical (unpaired) electrons. The highest BCUT2D eigenvalue weighted by Crippen LogP contribution is 2.33. The van der Waals surface area contributed by atoms with Crippen molar-refractivity contribution in [1.82, 2.24) is 10.2 Å². The summed E-state index contributed by atoms with van der Waals surface area (Å²) < 4.78 is 29.1. The first-order chi connectivity index (χ1) is 21.1. The lowest BCUT2D eigenvalue weighted by atomic mass is 10.0. The number of sulfonamides is 1. The van der Waals surface area contributed by atoms with E-state index in [1.807, 2.05) is 68.4 Å². The number of hydrogen-bond acceptors (Lipinski definition) is 4. The molecule has 0 bridgehead atoms. The third kappa shape index (κ3) is 8.40. The van der Waals surface area contributed by atoms with E-state index in [9.17, 15) is 18.0 Å². The van der Waals surface area contributed by atoms with E-state index in [1.165, 1.54) is 35.2 Å². The standard InChI is InChI=1S/C34H35Cl2N3O4S/c1-3-20-37-34(41)32(21-26-10-6-4-7-11-26)38(23-27-16-14-25(2)15-17-27)33(40)24-39(31-19-18-28(35)22-30(31)36)44(42,43)29-12-8-5-9-13-29/h4-19,22,32H,3,20-21,23-24H2,1-2H3,(H,37,41)/t32-/m1/s1. The van der Waals surface area contributed by atoms with Gasteiger partial charge in [0.15, 0.2) is 0 Å². The van der Waals surface area contributed by atoms with E-state index in [1.54, 1.807) is 18.2 Å². The van der Waals surface area contributed by atoms with Crippen LogP contribution >= 0.6 is 23.2 Å². The summed E-state index contributed by atoms with van der Waals surface area (Å²) in [7, 11) is -4.26. The van der Waals surface area contributed by atoms with Crippen LogP contribution in [0.2, 0.25) is 10.0 Å². The lowest BCUT2D eigenvalue weighted by Crippen LogP contribution is -2.53. The molecule has 0 aliphatic carbocycles. The van der Waals surface area contributed by atoms with Gasteiger partial charge in [-0.25, -0.2) is 8.42 Å². The molecule has 44 heavy (non-hydrogen) atoms. The average molecular weight is 653 g/mol. The number of halogens is 2. The predicted octanol–water partition coefficient (Wildman–Crippen LogP) is 6.66. The molecule has 0 unspecified atom stereocenters. The Balaban J connectivity index is 1.81. The monoisotopic (exact) mass is 651 g/mol. The summed E-state index contributed by atoms with van der Waals surface area (Å²) in [6, 6.07) is 28.4. The summed E-state index contributed by atoms with van der Waals surface area (Å²) >= 11 is 12.7. The van der Waals surface area contributed by atoms with E-state index in [4.69, 9.17) is 23.2 Å². The summed E-state index contributed by atoms with van der Waals surface area (Å²) in [6.07, 6.45) is 0.953. The maximum absolute atomic E-state index is 14.4. The summed E-state index contributed by atoms with van der Waals surface area (Å²) in [4.78, 5) is 29.6. The molecule has 4 aromatic carbocycles. The molecule has 1 N–H and O–H groups in total. The van der Waals surface area contributed by atoms with E-state index in [-0.39, 0.29) is 34.5 Å². The van der Waals surface area contributed by atoms with Crippen LogP contribution in [0.15, 0.2) is 108 Å². The molecule has 0 saturated carbocycles. The lowest BCUT2D eigenvalue weighted by molar-refractivity contribution is -0.140. The second-order valence-corrected chi connectivity index (χ2v) is 13.1. The maximum Gasteiger partial charge on any atom is 0.264 e. The fourth-order valence-corrected chi connectivity index (χ4v) is 6.74. The molecular weight excluding hydrogens is 617 g/mol. The van der Waals surface area contributed by atoms with Crippen LogP contribution in [0.4, 0.5) is 5.69 Å². The minimum atomic E-state index is -4.26. The van der Waals surface area contributed by atoms with Gasteiger partial charge in [0.2, 0.25) is 11.8 Å². The molecule has 0 heterocycles. The normalized spacial score (nSPS) is 11.9. The van der Waals surface area contributed by atoms with Gasteiger partial charge in [-0.2, -0.15) is 0 Å². The second kappa shape index (κ2) is 15.2. The fraction of sp³-hybridized carbons (Fsp3) is 0.235. The van der Waals surface area contributed by atoms with Crippen molar-refractivity contribution in [2.45, 2.75) is 44.2 Å². The van der Waals surface area contributed by atoms with Crippen LogP contribution in [0.25, 0.3) is 0 Å². The van der Waals surface area contributed by atoms with Gasteiger partial charge in [-0.1, -0.05) is 108 Å². The van der Waals surface area contributed by atoms with E-state index in [0.717, 1.165) is 21.0 Å². The molecule has 4 aromatic rings. The average Bonchev–Trinajstić information content (AvgIpc) is 3.02. The minimum absolute atomic E-state index is 0.00887. The van der Waals surface area contributed by atoms with Crippen LogP contribution in [0, 0.1) is 6.92 Å². The number of amides is 2. The maximum atomic E-state index is 14.4. The van der Waals surface area contributed by atoms with E-state index in [2.05, 4.69) is 5.32 Å². The first-order valence-corrected chi connectivity index (χ1v) is 16.5. The van der Waals surface area contributed by atoms with Crippen molar-refractivity contribution in [3.63, 3.8) is 0 Å². The number of carbonyl (C=O) groups excluding carboxylic acids is 2. The number of benzene rings is 4. The number of carbonyl (C=O) groups is 2. The van der Waals surface area contributed by atoms with Crippen LogP contribution in [0.3, 0.4) is 0 Å². The Labute approximate surface area is 269 Å². The molecule has 4 rings (SSSR count). The number of hydrogen-bond donors (Lipinski definition) is 1. The highest BCUT2D eigenvalue weighted by molar-refractivity contribution is 7.92. The first kappa shape index (κ1) is 33.1. The molecule has 0 aliphatic heterocycles. The van der Waals surface area contributed by atoms with Crippen LogP contribution < -0.4 is 9.62 Å². The van der Waals surface area contributed by atoms with Gasteiger partial charge in [-0.15, -0.1) is 0 Å². The van der Waals surface area contributed by atoms with Crippen molar-refractivity contribution in [2.75, 3.05) is 17.4 Å². The van der Waals surface area contributed by atoms with Crippen LogP contribution in [0.5, 0.6) is 0 Å². The minimum Gasteiger partial charge on any atom is -0.354 e. The summed E-state index contributed by atoms with van der Waals surface area (Å²) in [6.45, 7) is 3.83.